The summed E-state index contributed by atoms with van der Waals surface area (Å²) in [4.78, 5) is 72.7. The number of methoxy groups -OCH3 is 2. The van der Waals surface area contributed by atoms with Crippen molar-refractivity contribution in [3.63, 3.8) is 0 Å². The number of halogens is 4. The number of benzene rings is 1. The Morgan fingerprint density at radius 2 is 1.85 bits per heavy atom. The van der Waals surface area contributed by atoms with Gasteiger partial charge in [-0.2, -0.15) is 13.2 Å². The van der Waals surface area contributed by atoms with E-state index in [0.29, 0.717) is 36.5 Å². The molecule has 2 N–H and O–H groups in total. The van der Waals surface area contributed by atoms with E-state index in [4.69, 9.17) is 21.1 Å². The molecule has 53 heavy (non-hydrogen) atoms. The Bertz CT molecular complexity index is 2210. The number of rotatable bonds is 10. The van der Waals surface area contributed by atoms with Crippen molar-refractivity contribution in [1.29, 1.82) is 0 Å². The summed E-state index contributed by atoms with van der Waals surface area (Å²) in [5, 5.41) is 2.29. The number of hydrogen-bond donors (Lipinski definition) is 2. The summed E-state index contributed by atoms with van der Waals surface area (Å²) < 4.78 is 51.8. The number of carbonyl (C=O) groups is 2. The first-order valence-corrected chi connectivity index (χ1v) is 17.2. The van der Waals surface area contributed by atoms with Gasteiger partial charge in [-0.15, -0.1) is 0 Å². The molecule has 1 aromatic carbocycles. The zero-order chi connectivity index (χ0) is 38.4. The number of fused-ring (bicyclic) bond motifs is 2. The minimum Gasteiger partial charge on any atom is -0.482 e. The third-order valence-corrected chi connectivity index (χ3v) is 9.98. The number of H-pyrrole nitrogens is 1. The number of piperazine rings is 1. The average Bonchev–Trinajstić information content (AvgIpc) is 3.10. The lowest BCUT2D eigenvalue weighted by Gasteiger charge is -2.54. The minimum atomic E-state index is -4.62. The van der Waals surface area contributed by atoms with Crippen LogP contribution < -0.4 is 30.7 Å². The van der Waals surface area contributed by atoms with Crippen LogP contribution in [0.3, 0.4) is 0 Å². The van der Waals surface area contributed by atoms with Crippen LogP contribution in [0.4, 0.5) is 30.4 Å². The number of nitrogens with zero attached hydrogens (tertiary/aromatic N) is 6. The first-order valence-electron chi connectivity index (χ1n) is 16.8. The van der Waals surface area contributed by atoms with Crippen molar-refractivity contribution in [3.05, 3.63) is 78.4 Å². The van der Waals surface area contributed by atoms with Crippen molar-refractivity contribution in [3.8, 4) is 5.88 Å². The maximum atomic E-state index is 14.5. The second-order valence-corrected chi connectivity index (χ2v) is 13.4. The van der Waals surface area contributed by atoms with E-state index in [0.717, 1.165) is 18.2 Å². The zero-order valence-corrected chi connectivity index (χ0v) is 30.4. The number of nitrogens with one attached hydrogen (secondary N) is 2. The van der Waals surface area contributed by atoms with Crippen LogP contribution in [-0.4, -0.2) is 89.7 Å². The largest absolute Gasteiger partial charge is 0.482 e. The van der Waals surface area contributed by atoms with Crippen LogP contribution in [0.1, 0.15) is 46.9 Å². The Labute approximate surface area is 306 Å². The highest BCUT2D eigenvalue weighted by atomic mass is 35.5. The van der Waals surface area contributed by atoms with E-state index in [-0.39, 0.29) is 77.2 Å². The number of anilines is 3. The summed E-state index contributed by atoms with van der Waals surface area (Å²) in [5.74, 6) is -0.677. The van der Waals surface area contributed by atoms with Gasteiger partial charge >= 0.3 is 6.18 Å². The monoisotopic (exact) mass is 758 g/mol. The number of aromatic nitrogens is 4. The third kappa shape index (κ3) is 6.90. The number of carbonyl (C=O) groups excluding carboxylic acids is 2. The number of ether oxygens (including phenoxy) is 2. The third-order valence-electron chi connectivity index (χ3n) is 9.66. The number of hydrogen-bond acceptors (Lipinski definition) is 10. The van der Waals surface area contributed by atoms with Gasteiger partial charge in [0.15, 0.2) is 11.2 Å². The Morgan fingerprint density at radius 3 is 2.45 bits per heavy atom. The lowest BCUT2D eigenvalue weighted by Crippen LogP contribution is -2.67. The van der Waals surface area contributed by atoms with E-state index in [1.807, 2.05) is 11.8 Å². The Morgan fingerprint density at radius 1 is 1.11 bits per heavy atom. The summed E-state index contributed by atoms with van der Waals surface area (Å²) in [6.07, 6.45) is -0.133. The summed E-state index contributed by atoms with van der Waals surface area (Å²) >= 11 is 6.13. The highest BCUT2D eigenvalue weighted by Crippen LogP contribution is 2.39. The molecule has 0 bridgehead atoms. The van der Waals surface area contributed by atoms with Crippen LogP contribution in [0.15, 0.2) is 40.2 Å². The topological polar surface area (TPSA) is 155 Å². The zero-order valence-electron chi connectivity index (χ0n) is 29.6. The van der Waals surface area contributed by atoms with E-state index in [1.54, 1.807) is 28.5 Å². The highest BCUT2D eigenvalue weighted by molar-refractivity contribution is 6.33. The summed E-state index contributed by atoms with van der Waals surface area (Å²) in [7, 11) is 6.30. The maximum Gasteiger partial charge on any atom is 0.416 e. The van der Waals surface area contributed by atoms with Crippen LogP contribution >= 0.6 is 11.6 Å². The number of pyridine rings is 2. The van der Waals surface area contributed by atoms with Crippen molar-refractivity contribution in [2.24, 2.45) is 0 Å². The van der Waals surface area contributed by atoms with Crippen LogP contribution in [0.5, 0.6) is 5.88 Å². The lowest BCUT2D eigenvalue weighted by atomic mass is 9.81. The molecule has 1 saturated carbocycles. The molecule has 1 saturated heterocycles. The number of alkyl halides is 3. The van der Waals surface area contributed by atoms with Gasteiger partial charge in [-0.25, -0.2) is 9.97 Å². The molecule has 2 atom stereocenters. The molecule has 6 rings (SSSR count). The normalized spacial score (nSPS) is 17.0. The van der Waals surface area contributed by atoms with E-state index in [1.165, 1.54) is 26.6 Å². The fourth-order valence-corrected chi connectivity index (χ4v) is 7.20. The Balaban J connectivity index is 1.38. The van der Waals surface area contributed by atoms with Crippen molar-refractivity contribution in [2.75, 3.05) is 56.5 Å². The van der Waals surface area contributed by atoms with Crippen LogP contribution in [0.2, 0.25) is 5.02 Å². The summed E-state index contributed by atoms with van der Waals surface area (Å²) in [6, 6.07) is 1.99. The molecule has 14 nitrogen and oxygen atoms in total. The molecule has 0 radical (unpaired) electrons. The molecule has 0 unspecified atom stereocenters. The SMILES string of the molecule is CCc1c(N2CCN(C(=O)c3c(OC)[nH]cc(COC)c3=O)[C@H]3CC[C@@H]32)c(=O)c2nc(N(C)C)cnc2n1CC(=O)Nc1ccc(C(F)(F)F)cc1Cl. The molecule has 0 spiro atoms. The molecule has 4 heterocycles. The van der Waals surface area contributed by atoms with Gasteiger partial charge in [0.2, 0.25) is 22.6 Å². The molecule has 2 amide bonds. The predicted octanol–water partition coefficient (Wildman–Crippen LogP) is 4.07. The van der Waals surface area contributed by atoms with Gasteiger partial charge in [-0.05, 0) is 37.5 Å². The van der Waals surface area contributed by atoms with Crippen LogP contribution in [0, 0.1) is 0 Å². The van der Waals surface area contributed by atoms with Crippen LogP contribution in [0.25, 0.3) is 11.2 Å². The van der Waals surface area contributed by atoms with Gasteiger partial charge in [-0.3, -0.25) is 19.2 Å². The van der Waals surface area contributed by atoms with E-state index < -0.39 is 34.4 Å². The number of aromatic amines is 1. The van der Waals surface area contributed by atoms with Gasteiger partial charge in [0.1, 0.15) is 23.6 Å². The fourth-order valence-electron chi connectivity index (χ4n) is 6.97. The summed E-state index contributed by atoms with van der Waals surface area (Å²) in [6.45, 7) is 1.87. The quantitative estimate of drug-likeness (QED) is 0.242. The van der Waals surface area contributed by atoms with Crippen molar-refractivity contribution >= 4 is 51.8 Å². The lowest BCUT2D eigenvalue weighted by molar-refractivity contribution is -0.137. The molecule has 3 aromatic heterocycles. The predicted molar refractivity (Wildman–Crippen MR) is 192 cm³/mol. The Kier molecular flexibility index (Phi) is 10.4. The Hall–Kier alpha value is -5.16. The molecule has 282 valence electrons. The van der Waals surface area contributed by atoms with Gasteiger partial charge in [-0.1, -0.05) is 18.5 Å². The second kappa shape index (κ2) is 14.7. The van der Waals surface area contributed by atoms with E-state index in [9.17, 15) is 32.3 Å². The van der Waals surface area contributed by atoms with Crippen molar-refractivity contribution in [2.45, 2.75) is 57.6 Å². The molecule has 18 heteroatoms. The van der Waals surface area contributed by atoms with E-state index >= 15 is 0 Å². The summed E-state index contributed by atoms with van der Waals surface area (Å²) in [5.41, 5.74) is -0.770. The molecular weight excluding hydrogens is 721 g/mol. The standard InChI is InChI=1S/C35H38ClF3N8O6/c1-6-22-29(45-11-12-46(24-10-9-23(24)45)34(51)27-30(49)18(17-52-4)14-41-33(27)53-5)31(50)28-32(40-15-25(43-28)44(2)3)47(22)16-26(48)42-21-8-7-19(13-20(21)36)35(37,38)39/h7-8,13-15,23-24H,6,9-12,16-17H2,1-5H3,(H,41,49)(H,42,48)/t23-,24-/m0/s1. The first-order chi connectivity index (χ1) is 25.2. The van der Waals surface area contributed by atoms with E-state index in [2.05, 4.69) is 20.3 Å². The van der Waals surface area contributed by atoms with Gasteiger partial charge in [0.05, 0.1) is 42.2 Å². The average molecular weight is 759 g/mol. The van der Waals surface area contributed by atoms with Gasteiger partial charge in [0, 0.05) is 57.8 Å². The number of amides is 2. The first kappa shape index (κ1) is 37.6. The molecule has 2 aliphatic rings. The fraction of sp³-hybridized carbons (Fsp3) is 0.429. The van der Waals surface area contributed by atoms with Gasteiger partial charge in [0.25, 0.3) is 5.91 Å². The molecular formula is C35H38ClF3N8O6. The van der Waals surface area contributed by atoms with Gasteiger partial charge < -0.3 is 39.0 Å². The van der Waals surface area contributed by atoms with Crippen molar-refractivity contribution < 1.29 is 32.2 Å². The molecule has 2 fully saturated rings. The van der Waals surface area contributed by atoms with Crippen molar-refractivity contribution in [1.82, 2.24) is 24.4 Å². The second-order valence-electron chi connectivity index (χ2n) is 13.0. The van der Waals surface area contributed by atoms with Crippen LogP contribution in [-0.2, 0) is 35.3 Å². The maximum absolute atomic E-state index is 14.5. The highest BCUT2D eigenvalue weighted by Gasteiger charge is 2.47. The molecule has 1 aliphatic heterocycles. The smallest absolute Gasteiger partial charge is 0.416 e. The molecule has 4 aromatic rings. The minimum absolute atomic E-state index is 0.00129. The molecule has 1 aliphatic carbocycles.